The number of imidazole rings is 1. The Labute approximate surface area is 95.8 Å². The van der Waals surface area contributed by atoms with Gasteiger partial charge in [0.1, 0.15) is 11.9 Å². The van der Waals surface area contributed by atoms with E-state index in [0.29, 0.717) is 13.2 Å². The van der Waals surface area contributed by atoms with Crippen LogP contribution in [0.15, 0.2) is 12.4 Å². The molecule has 0 saturated heterocycles. The molecule has 16 heavy (non-hydrogen) atoms. The molecule has 1 aromatic heterocycles. The van der Waals surface area contributed by atoms with E-state index in [1.807, 2.05) is 24.6 Å². The molecule has 0 spiro atoms. The van der Waals surface area contributed by atoms with Gasteiger partial charge < -0.3 is 14.6 Å². The van der Waals surface area contributed by atoms with Crippen LogP contribution in [0.1, 0.15) is 25.7 Å². The van der Waals surface area contributed by atoms with Gasteiger partial charge in [-0.1, -0.05) is 6.92 Å². The van der Waals surface area contributed by atoms with Gasteiger partial charge in [0.15, 0.2) is 0 Å². The number of hydrogen-bond acceptors (Lipinski definition) is 3. The first kappa shape index (κ1) is 12.7. The number of nitrogens with one attached hydrogen (secondary N) is 1. The standard InChI is InChI=1S/C11H19N3O2/c1-4-10-12-5-7-14(10)9(2)11(15)13-6-8-16-3/h5,7,9H,4,6,8H2,1-3H3,(H,13,15). The van der Waals surface area contributed by atoms with E-state index in [4.69, 9.17) is 4.74 Å². The molecule has 1 N–H and O–H groups in total. The molecule has 0 fully saturated rings. The number of carbonyl (C=O) groups is 1. The van der Waals surface area contributed by atoms with Crippen molar-refractivity contribution in [2.45, 2.75) is 26.3 Å². The topological polar surface area (TPSA) is 56.2 Å². The molecule has 5 heteroatoms. The van der Waals surface area contributed by atoms with Crippen LogP contribution in [0.25, 0.3) is 0 Å². The average Bonchev–Trinajstić information content (AvgIpc) is 2.76. The van der Waals surface area contributed by atoms with Gasteiger partial charge >= 0.3 is 0 Å². The first-order valence-corrected chi connectivity index (χ1v) is 5.49. The van der Waals surface area contributed by atoms with Crippen molar-refractivity contribution in [3.8, 4) is 0 Å². The molecular weight excluding hydrogens is 206 g/mol. The maximum absolute atomic E-state index is 11.8. The van der Waals surface area contributed by atoms with E-state index in [1.165, 1.54) is 0 Å². The second-order valence-electron chi connectivity index (χ2n) is 3.56. The average molecular weight is 225 g/mol. The summed E-state index contributed by atoms with van der Waals surface area (Å²) in [6.45, 7) is 4.95. The van der Waals surface area contributed by atoms with Crippen LogP contribution in [0.4, 0.5) is 0 Å². The number of hydrogen-bond donors (Lipinski definition) is 1. The van der Waals surface area contributed by atoms with Gasteiger partial charge in [-0.05, 0) is 6.92 Å². The molecule has 1 heterocycles. The summed E-state index contributed by atoms with van der Waals surface area (Å²) in [5.41, 5.74) is 0. The quantitative estimate of drug-likeness (QED) is 0.727. The number of methoxy groups -OCH3 is 1. The normalized spacial score (nSPS) is 12.4. The summed E-state index contributed by atoms with van der Waals surface area (Å²) in [6, 6.07) is -0.227. The van der Waals surface area contributed by atoms with Gasteiger partial charge in [-0.2, -0.15) is 0 Å². The smallest absolute Gasteiger partial charge is 0.242 e. The minimum atomic E-state index is -0.227. The molecule has 0 aliphatic carbocycles. The number of nitrogens with zero attached hydrogens (tertiary/aromatic N) is 2. The lowest BCUT2D eigenvalue weighted by molar-refractivity contribution is -0.124. The van der Waals surface area contributed by atoms with Crippen molar-refractivity contribution in [1.82, 2.24) is 14.9 Å². The van der Waals surface area contributed by atoms with Crippen molar-refractivity contribution in [2.24, 2.45) is 0 Å². The molecule has 90 valence electrons. The predicted molar refractivity (Wildman–Crippen MR) is 61.2 cm³/mol. The fourth-order valence-electron chi connectivity index (χ4n) is 1.52. The largest absolute Gasteiger partial charge is 0.383 e. The van der Waals surface area contributed by atoms with Gasteiger partial charge in [0, 0.05) is 32.5 Å². The minimum absolute atomic E-state index is 0.00949. The van der Waals surface area contributed by atoms with Crippen molar-refractivity contribution in [1.29, 1.82) is 0 Å². The number of carbonyl (C=O) groups excluding carboxylic acids is 1. The Bertz CT molecular complexity index is 336. The monoisotopic (exact) mass is 225 g/mol. The van der Waals surface area contributed by atoms with Gasteiger partial charge in [0.2, 0.25) is 5.91 Å². The van der Waals surface area contributed by atoms with Gasteiger partial charge in [-0.3, -0.25) is 4.79 Å². The zero-order valence-corrected chi connectivity index (χ0v) is 10.1. The maximum atomic E-state index is 11.8. The Morgan fingerprint density at radius 2 is 2.44 bits per heavy atom. The third kappa shape index (κ3) is 3.06. The van der Waals surface area contributed by atoms with Gasteiger partial charge in [-0.15, -0.1) is 0 Å². The molecule has 5 nitrogen and oxygen atoms in total. The van der Waals surface area contributed by atoms with Crippen molar-refractivity contribution in [3.63, 3.8) is 0 Å². The summed E-state index contributed by atoms with van der Waals surface area (Å²) < 4.78 is 6.76. The maximum Gasteiger partial charge on any atom is 0.242 e. The number of rotatable bonds is 6. The van der Waals surface area contributed by atoms with E-state index < -0.39 is 0 Å². The molecular formula is C11H19N3O2. The minimum Gasteiger partial charge on any atom is -0.383 e. The molecule has 0 aromatic carbocycles. The van der Waals surface area contributed by atoms with E-state index in [9.17, 15) is 4.79 Å². The van der Waals surface area contributed by atoms with Crippen LogP contribution < -0.4 is 5.32 Å². The van der Waals surface area contributed by atoms with Crippen molar-refractivity contribution in [3.05, 3.63) is 18.2 Å². The first-order chi connectivity index (χ1) is 7.70. The fraction of sp³-hybridized carbons (Fsp3) is 0.636. The van der Waals surface area contributed by atoms with Crippen molar-refractivity contribution >= 4 is 5.91 Å². The van der Waals surface area contributed by atoms with E-state index in [1.54, 1.807) is 13.3 Å². The molecule has 0 aliphatic rings. The van der Waals surface area contributed by atoms with E-state index >= 15 is 0 Å². The summed E-state index contributed by atoms with van der Waals surface area (Å²) in [6.07, 6.45) is 4.37. The Balaban J connectivity index is 2.56. The highest BCUT2D eigenvalue weighted by Crippen LogP contribution is 2.09. The number of aromatic nitrogens is 2. The Hall–Kier alpha value is -1.36. The second-order valence-corrected chi connectivity index (χ2v) is 3.56. The lowest BCUT2D eigenvalue weighted by Gasteiger charge is -2.15. The summed E-state index contributed by atoms with van der Waals surface area (Å²) in [5.74, 6) is 0.916. The van der Waals surface area contributed by atoms with Gasteiger partial charge in [-0.25, -0.2) is 4.98 Å². The lowest BCUT2D eigenvalue weighted by Crippen LogP contribution is -2.33. The second kappa shape index (κ2) is 6.27. The number of amides is 1. The summed E-state index contributed by atoms with van der Waals surface area (Å²) >= 11 is 0. The Morgan fingerprint density at radius 3 is 3.06 bits per heavy atom. The van der Waals surface area contributed by atoms with Crippen LogP contribution in [0, 0.1) is 0 Å². The summed E-state index contributed by atoms with van der Waals surface area (Å²) in [7, 11) is 1.61. The molecule has 0 saturated carbocycles. The van der Waals surface area contributed by atoms with Crippen LogP contribution in [0.3, 0.4) is 0 Å². The SMILES string of the molecule is CCc1nccn1C(C)C(=O)NCCOC. The van der Waals surface area contributed by atoms with Crippen LogP contribution in [0.2, 0.25) is 0 Å². The van der Waals surface area contributed by atoms with Gasteiger partial charge in [0.25, 0.3) is 0 Å². The highest BCUT2D eigenvalue weighted by molar-refractivity contribution is 5.79. The third-order valence-electron chi connectivity index (χ3n) is 2.47. The molecule has 0 aliphatic heterocycles. The van der Waals surface area contributed by atoms with E-state index in [-0.39, 0.29) is 11.9 Å². The van der Waals surface area contributed by atoms with Crippen LogP contribution >= 0.6 is 0 Å². The fourth-order valence-corrected chi connectivity index (χ4v) is 1.52. The zero-order valence-electron chi connectivity index (χ0n) is 10.1. The number of aryl methyl sites for hydroxylation is 1. The van der Waals surface area contributed by atoms with Crippen LogP contribution in [-0.4, -0.2) is 35.7 Å². The summed E-state index contributed by atoms with van der Waals surface area (Å²) in [4.78, 5) is 16.0. The van der Waals surface area contributed by atoms with Gasteiger partial charge in [0.05, 0.1) is 6.61 Å². The third-order valence-corrected chi connectivity index (χ3v) is 2.47. The highest BCUT2D eigenvalue weighted by Gasteiger charge is 2.16. The molecule has 0 bridgehead atoms. The van der Waals surface area contributed by atoms with E-state index in [2.05, 4.69) is 10.3 Å². The highest BCUT2D eigenvalue weighted by atomic mass is 16.5. The molecule has 1 unspecified atom stereocenters. The number of ether oxygens (including phenoxy) is 1. The molecule has 1 atom stereocenters. The van der Waals surface area contributed by atoms with Crippen molar-refractivity contribution in [2.75, 3.05) is 20.3 Å². The Kier molecular flexibility index (Phi) is 4.98. The van der Waals surface area contributed by atoms with E-state index in [0.717, 1.165) is 12.2 Å². The van der Waals surface area contributed by atoms with Crippen molar-refractivity contribution < 1.29 is 9.53 Å². The Morgan fingerprint density at radius 1 is 1.69 bits per heavy atom. The predicted octanol–water partition coefficient (Wildman–Crippen LogP) is 0.769. The summed E-state index contributed by atoms with van der Waals surface area (Å²) in [5, 5.41) is 2.81. The lowest BCUT2D eigenvalue weighted by atomic mass is 10.3. The molecule has 1 aromatic rings. The van der Waals surface area contributed by atoms with Crippen LogP contribution in [0.5, 0.6) is 0 Å². The zero-order chi connectivity index (χ0) is 12.0. The molecule has 0 radical (unpaired) electrons. The first-order valence-electron chi connectivity index (χ1n) is 5.49. The van der Waals surface area contributed by atoms with Crippen LogP contribution in [-0.2, 0) is 16.0 Å². The molecule has 1 amide bonds. The molecule has 1 rings (SSSR count).